The Morgan fingerprint density at radius 1 is 1.38 bits per heavy atom. The molecule has 0 aliphatic carbocycles. The van der Waals surface area contributed by atoms with Gasteiger partial charge in [-0.05, 0) is 17.7 Å². The predicted octanol–water partition coefficient (Wildman–Crippen LogP) is 0.888. The van der Waals surface area contributed by atoms with Crippen molar-refractivity contribution in [1.82, 2.24) is 10.3 Å². The largest absolute Gasteiger partial charge is 0.348 e. The average molecular weight is 184 g/mol. The molecule has 0 bridgehead atoms. The van der Waals surface area contributed by atoms with Crippen LogP contribution in [-0.4, -0.2) is 16.8 Å². The van der Waals surface area contributed by atoms with Crippen molar-refractivity contribution in [1.29, 1.82) is 0 Å². The number of rotatable bonds is 1. The maximum absolute atomic E-state index is 12.8. The number of carbonyl (C=O) groups is 1. The standard InChI is InChI=1S/C8H6F2N2O/c9-8(10)6(12-7(8)13)5-1-3-11-4-2-5/h1-4,6H,(H,12,13)/t6-/m1/s1. The average Bonchev–Trinajstić information content (AvgIpc) is 2.15. The summed E-state index contributed by atoms with van der Waals surface area (Å²) in [6, 6.07) is 1.72. The molecule has 1 N–H and O–H groups in total. The van der Waals surface area contributed by atoms with Crippen LogP contribution in [0.5, 0.6) is 0 Å². The molecule has 13 heavy (non-hydrogen) atoms. The fourth-order valence-electron chi connectivity index (χ4n) is 1.22. The molecule has 2 rings (SSSR count). The number of aromatic nitrogens is 1. The topological polar surface area (TPSA) is 42.0 Å². The van der Waals surface area contributed by atoms with Gasteiger partial charge >= 0.3 is 5.92 Å². The molecule has 1 saturated heterocycles. The first-order valence-corrected chi connectivity index (χ1v) is 3.71. The van der Waals surface area contributed by atoms with E-state index in [0.29, 0.717) is 5.56 Å². The van der Waals surface area contributed by atoms with Crippen LogP contribution in [0.15, 0.2) is 24.5 Å². The van der Waals surface area contributed by atoms with Gasteiger partial charge in [-0.1, -0.05) is 0 Å². The molecule has 0 aromatic carbocycles. The Bertz CT molecular complexity index is 339. The minimum atomic E-state index is -3.28. The molecule has 1 aliphatic heterocycles. The van der Waals surface area contributed by atoms with Crippen molar-refractivity contribution in [2.24, 2.45) is 0 Å². The zero-order chi connectivity index (χ0) is 9.47. The highest BCUT2D eigenvalue weighted by Crippen LogP contribution is 2.38. The Hall–Kier alpha value is -1.52. The summed E-state index contributed by atoms with van der Waals surface area (Å²) in [7, 11) is 0. The first-order valence-electron chi connectivity index (χ1n) is 3.71. The van der Waals surface area contributed by atoms with Crippen molar-refractivity contribution < 1.29 is 13.6 Å². The molecule has 1 fully saturated rings. The third kappa shape index (κ3) is 1.07. The lowest BCUT2D eigenvalue weighted by Gasteiger charge is -2.36. The Kier molecular flexibility index (Phi) is 1.55. The molecular weight excluding hydrogens is 178 g/mol. The Balaban J connectivity index is 2.27. The van der Waals surface area contributed by atoms with Crippen LogP contribution < -0.4 is 5.32 Å². The van der Waals surface area contributed by atoms with Crippen LogP contribution in [0.3, 0.4) is 0 Å². The van der Waals surface area contributed by atoms with Crippen molar-refractivity contribution in [3.63, 3.8) is 0 Å². The molecule has 0 spiro atoms. The first kappa shape index (κ1) is 8.10. The van der Waals surface area contributed by atoms with E-state index in [2.05, 4.69) is 10.3 Å². The lowest BCUT2D eigenvalue weighted by atomic mass is 9.94. The SMILES string of the molecule is O=C1N[C@H](c2ccncc2)C1(F)F. The van der Waals surface area contributed by atoms with E-state index >= 15 is 0 Å². The van der Waals surface area contributed by atoms with Crippen molar-refractivity contribution in [2.45, 2.75) is 12.0 Å². The van der Waals surface area contributed by atoms with Gasteiger partial charge in [0.15, 0.2) is 0 Å². The smallest absolute Gasteiger partial charge is 0.337 e. The molecule has 0 unspecified atom stereocenters. The molecule has 5 heteroatoms. The highest BCUT2D eigenvalue weighted by atomic mass is 19.3. The summed E-state index contributed by atoms with van der Waals surface area (Å²) in [6.07, 6.45) is 2.83. The minimum absolute atomic E-state index is 0.375. The number of nitrogens with one attached hydrogen (secondary N) is 1. The van der Waals surface area contributed by atoms with Crippen LogP contribution >= 0.6 is 0 Å². The number of β-lactam (4-membered cyclic amide) rings is 1. The monoisotopic (exact) mass is 184 g/mol. The van der Waals surface area contributed by atoms with Gasteiger partial charge in [0.25, 0.3) is 5.91 Å². The number of hydrogen-bond acceptors (Lipinski definition) is 2. The van der Waals surface area contributed by atoms with Crippen LogP contribution in [-0.2, 0) is 4.79 Å². The molecule has 1 aromatic rings. The van der Waals surface area contributed by atoms with Crippen molar-refractivity contribution in [2.75, 3.05) is 0 Å². The van der Waals surface area contributed by atoms with E-state index in [0.717, 1.165) is 0 Å². The van der Waals surface area contributed by atoms with Crippen molar-refractivity contribution in [3.8, 4) is 0 Å². The zero-order valence-electron chi connectivity index (χ0n) is 6.50. The van der Waals surface area contributed by atoms with Gasteiger partial charge in [-0.25, -0.2) is 0 Å². The van der Waals surface area contributed by atoms with Gasteiger partial charge in [0.05, 0.1) is 0 Å². The number of alkyl halides is 2. The lowest BCUT2D eigenvalue weighted by molar-refractivity contribution is -0.171. The lowest BCUT2D eigenvalue weighted by Crippen LogP contribution is -2.61. The third-order valence-electron chi connectivity index (χ3n) is 1.98. The summed E-state index contributed by atoms with van der Waals surface area (Å²) in [5.74, 6) is -4.49. The summed E-state index contributed by atoms with van der Waals surface area (Å²) >= 11 is 0. The molecule has 1 amide bonds. The number of halogens is 2. The van der Waals surface area contributed by atoms with E-state index in [1.54, 1.807) is 0 Å². The first-order chi connectivity index (χ1) is 6.12. The number of nitrogens with zero attached hydrogens (tertiary/aromatic N) is 1. The maximum atomic E-state index is 12.8. The summed E-state index contributed by atoms with van der Waals surface area (Å²) in [5.41, 5.74) is 0.375. The Morgan fingerprint density at radius 2 is 2.00 bits per heavy atom. The van der Waals surface area contributed by atoms with Gasteiger partial charge < -0.3 is 5.32 Å². The molecule has 1 aromatic heterocycles. The number of carbonyl (C=O) groups excluding carboxylic acids is 1. The number of hydrogen-bond donors (Lipinski definition) is 1. The summed E-state index contributed by atoms with van der Waals surface area (Å²) in [4.78, 5) is 14.2. The van der Waals surface area contributed by atoms with Gasteiger partial charge in [0.1, 0.15) is 6.04 Å². The number of amides is 1. The van der Waals surface area contributed by atoms with E-state index in [9.17, 15) is 13.6 Å². The van der Waals surface area contributed by atoms with Crippen LogP contribution in [0.1, 0.15) is 11.6 Å². The van der Waals surface area contributed by atoms with Crippen molar-refractivity contribution in [3.05, 3.63) is 30.1 Å². The van der Waals surface area contributed by atoms with E-state index in [-0.39, 0.29) is 0 Å². The van der Waals surface area contributed by atoms with Crippen LogP contribution in [0.25, 0.3) is 0 Å². The fraction of sp³-hybridized carbons (Fsp3) is 0.250. The second-order valence-corrected chi connectivity index (χ2v) is 2.81. The van der Waals surface area contributed by atoms with Crippen LogP contribution in [0.4, 0.5) is 8.78 Å². The summed E-state index contributed by atoms with van der Waals surface area (Å²) in [6.45, 7) is 0. The van der Waals surface area contributed by atoms with Gasteiger partial charge in [0, 0.05) is 12.4 Å². The third-order valence-corrected chi connectivity index (χ3v) is 1.98. The Labute approximate surface area is 72.8 Å². The second-order valence-electron chi connectivity index (χ2n) is 2.81. The number of pyridine rings is 1. The molecule has 3 nitrogen and oxygen atoms in total. The maximum Gasteiger partial charge on any atom is 0.348 e. The normalized spacial score (nSPS) is 24.8. The van der Waals surface area contributed by atoms with E-state index in [1.165, 1.54) is 24.5 Å². The van der Waals surface area contributed by atoms with Crippen LogP contribution in [0, 0.1) is 0 Å². The summed E-state index contributed by atoms with van der Waals surface area (Å²) in [5, 5.41) is 2.13. The molecule has 2 heterocycles. The van der Waals surface area contributed by atoms with Gasteiger partial charge in [-0.3, -0.25) is 9.78 Å². The highest BCUT2D eigenvalue weighted by molar-refractivity contribution is 5.91. The van der Waals surface area contributed by atoms with Gasteiger partial charge in [-0.2, -0.15) is 8.78 Å². The quantitative estimate of drug-likeness (QED) is 0.658. The van der Waals surface area contributed by atoms with E-state index in [4.69, 9.17) is 0 Å². The van der Waals surface area contributed by atoms with Crippen LogP contribution in [0.2, 0.25) is 0 Å². The molecule has 0 saturated carbocycles. The predicted molar refractivity (Wildman–Crippen MR) is 40.1 cm³/mol. The Morgan fingerprint density at radius 3 is 2.46 bits per heavy atom. The molecular formula is C8H6F2N2O. The van der Waals surface area contributed by atoms with E-state index in [1.807, 2.05) is 0 Å². The molecule has 68 valence electrons. The zero-order valence-corrected chi connectivity index (χ0v) is 6.50. The minimum Gasteiger partial charge on any atom is -0.337 e. The summed E-state index contributed by atoms with van der Waals surface area (Å²) < 4.78 is 25.7. The molecule has 0 radical (unpaired) electrons. The molecule has 1 aliphatic rings. The van der Waals surface area contributed by atoms with Crippen molar-refractivity contribution >= 4 is 5.91 Å². The van der Waals surface area contributed by atoms with E-state index < -0.39 is 17.9 Å². The second kappa shape index (κ2) is 2.48. The fourth-order valence-corrected chi connectivity index (χ4v) is 1.22. The van der Waals surface area contributed by atoms with Gasteiger partial charge in [0.2, 0.25) is 0 Å². The molecule has 1 atom stereocenters. The van der Waals surface area contributed by atoms with Gasteiger partial charge in [-0.15, -0.1) is 0 Å². The highest BCUT2D eigenvalue weighted by Gasteiger charge is 2.58.